The van der Waals surface area contributed by atoms with Crippen LogP contribution in [0.2, 0.25) is 0 Å². The zero-order valence-electron chi connectivity index (χ0n) is 14.5. The molecule has 3 heterocycles. The molecule has 0 N–H and O–H groups in total. The molecule has 1 atom stereocenters. The molecule has 0 saturated carbocycles. The lowest BCUT2D eigenvalue weighted by atomic mass is 9.93. The van der Waals surface area contributed by atoms with Gasteiger partial charge in [0.2, 0.25) is 0 Å². The molecule has 1 saturated heterocycles. The molecule has 1 fully saturated rings. The maximum atomic E-state index is 12.7. The van der Waals surface area contributed by atoms with E-state index >= 15 is 0 Å². The smallest absolute Gasteiger partial charge is 0.289 e. The van der Waals surface area contributed by atoms with Crippen molar-refractivity contribution in [2.75, 3.05) is 32.1 Å². The van der Waals surface area contributed by atoms with Crippen molar-refractivity contribution in [1.29, 1.82) is 0 Å². The summed E-state index contributed by atoms with van der Waals surface area (Å²) in [7, 11) is 5.81. The summed E-state index contributed by atoms with van der Waals surface area (Å²) in [6.45, 7) is 1.54. The molecule has 0 unspecified atom stereocenters. The molecular weight excluding hydrogens is 304 g/mol. The highest BCUT2D eigenvalue weighted by molar-refractivity contribution is 5.90. The SMILES string of the molecule is CN(C)c1nccnc1C[C@@H]1CCCN(C(=O)c2nccn2C)C1. The van der Waals surface area contributed by atoms with E-state index in [2.05, 4.69) is 15.0 Å². The lowest BCUT2D eigenvalue weighted by Crippen LogP contribution is -2.41. The van der Waals surface area contributed by atoms with E-state index in [1.807, 2.05) is 30.9 Å². The standard InChI is InChI=1S/C17H24N6O/c1-21(2)15-14(18-6-7-19-15)11-13-5-4-9-23(12-13)17(24)16-20-8-10-22(16)3/h6-8,10,13H,4-5,9,11-12H2,1-3H3/t13-/m0/s1. The molecule has 0 spiro atoms. The highest BCUT2D eigenvalue weighted by atomic mass is 16.2. The Morgan fingerprint density at radius 3 is 2.75 bits per heavy atom. The van der Waals surface area contributed by atoms with Crippen LogP contribution < -0.4 is 4.90 Å². The van der Waals surface area contributed by atoms with E-state index in [1.165, 1.54) is 0 Å². The molecule has 0 aromatic carbocycles. The minimum absolute atomic E-state index is 0.0131. The Bertz CT molecular complexity index is 711. The van der Waals surface area contributed by atoms with Gasteiger partial charge in [-0.15, -0.1) is 0 Å². The first-order chi connectivity index (χ1) is 11.6. The molecule has 1 amide bonds. The molecule has 2 aromatic rings. The Kier molecular flexibility index (Phi) is 4.78. The second-order valence-electron chi connectivity index (χ2n) is 6.55. The van der Waals surface area contributed by atoms with Crippen LogP contribution in [-0.2, 0) is 13.5 Å². The number of amides is 1. The van der Waals surface area contributed by atoms with Crippen molar-refractivity contribution in [2.24, 2.45) is 13.0 Å². The molecule has 0 radical (unpaired) electrons. The number of aromatic nitrogens is 4. The Labute approximate surface area is 142 Å². The van der Waals surface area contributed by atoms with Crippen LogP contribution >= 0.6 is 0 Å². The Balaban J connectivity index is 1.70. The summed E-state index contributed by atoms with van der Waals surface area (Å²) in [4.78, 5) is 29.7. The first-order valence-corrected chi connectivity index (χ1v) is 8.30. The Morgan fingerprint density at radius 2 is 2.04 bits per heavy atom. The first kappa shape index (κ1) is 16.4. The predicted molar refractivity (Wildman–Crippen MR) is 91.9 cm³/mol. The largest absolute Gasteiger partial charge is 0.361 e. The van der Waals surface area contributed by atoms with Crippen molar-refractivity contribution in [3.05, 3.63) is 36.3 Å². The van der Waals surface area contributed by atoms with Gasteiger partial charge in [0.1, 0.15) is 5.82 Å². The minimum Gasteiger partial charge on any atom is -0.361 e. The number of likely N-dealkylation sites (tertiary alicyclic amines) is 1. The molecule has 0 aliphatic carbocycles. The van der Waals surface area contributed by atoms with Gasteiger partial charge >= 0.3 is 0 Å². The quantitative estimate of drug-likeness (QED) is 0.848. The lowest BCUT2D eigenvalue weighted by Gasteiger charge is -2.32. The van der Waals surface area contributed by atoms with Crippen molar-refractivity contribution in [1.82, 2.24) is 24.4 Å². The zero-order valence-corrected chi connectivity index (χ0v) is 14.5. The predicted octanol–water partition coefficient (Wildman–Crippen LogP) is 1.37. The number of anilines is 1. The molecule has 7 nitrogen and oxygen atoms in total. The first-order valence-electron chi connectivity index (χ1n) is 8.30. The summed E-state index contributed by atoms with van der Waals surface area (Å²) in [5.41, 5.74) is 0.999. The second kappa shape index (κ2) is 6.98. The van der Waals surface area contributed by atoms with Crippen molar-refractivity contribution in [3.63, 3.8) is 0 Å². The fraction of sp³-hybridized carbons (Fsp3) is 0.529. The van der Waals surface area contributed by atoms with Gasteiger partial charge in [-0.05, 0) is 25.2 Å². The third-order valence-corrected chi connectivity index (χ3v) is 4.48. The Hall–Kier alpha value is -2.44. The van der Waals surface area contributed by atoms with Gasteiger partial charge in [0.25, 0.3) is 5.91 Å². The van der Waals surface area contributed by atoms with Gasteiger partial charge in [0.15, 0.2) is 5.82 Å². The van der Waals surface area contributed by atoms with Crippen LogP contribution in [-0.4, -0.2) is 57.5 Å². The molecular formula is C17H24N6O. The van der Waals surface area contributed by atoms with Crippen LogP contribution in [0.3, 0.4) is 0 Å². The average Bonchev–Trinajstić information content (AvgIpc) is 3.01. The van der Waals surface area contributed by atoms with Gasteiger partial charge in [0.05, 0.1) is 5.69 Å². The van der Waals surface area contributed by atoms with E-state index in [9.17, 15) is 4.79 Å². The monoisotopic (exact) mass is 328 g/mol. The summed E-state index contributed by atoms with van der Waals surface area (Å²) in [5, 5.41) is 0. The van der Waals surface area contributed by atoms with Gasteiger partial charge in [-0.1, -0.05) is 0 Å². The lowest BCUT2D eigenvalue weighted by molar-refractivity contribution is 0.0657. The highest BCUT2D eigenvalue weighted by Gasteiger charge is 2.27. The molecule has 1 aliphatic rings. The van der Waals surface area contributed by atoms with Crippen molar-refractivity contribution in [2.45, 2.75) is 19.3 Å². The summed E-state index contributed by atoms with van der Waals surface area (Å²) < 4.78 is 1.78. The molecule has 1 aliphatic heterocycles. The Morgan fingerprint density at radius 1 is 1.25 bits per heavy atom. The third kappa shape index (κ3) is 3.39. The van der Waals surface area contributed by atoms with Crippen LogP contribution in [0.15, 0.2) is 24.8 Å². The minimum atomic E-state index is 0.0131. The molecule has 128 valence electrons. The topological polar surface area (TPSA) is 67.2 Å². The van der Waals surface area contributed by atoms with E-state index < -0.39 is 0 Å². The third-order valence-electron chi connectivity index (χ3n) is 4.48. The van der Waals surface area contributed by atoms with Gasteiger partial charge in [-0.25, -0.2) is 9.97 Å². The molecule has 2 aromatic heterocycles. The molecule has 3 rings (SSSR count). The van der Waals surface area contributed by atoms with Crippen LogP contribution in [0.1, 0.15) is 29.2 Å². The fourth-order valence-corrected chi connectivity index (χ4v) is 3.28. The van der Waals surface area contributed by atoms with E-state index in [-0.39, 0.29) is 5.91 Å². The van der Waals surface area contributed by atoms with Crippen molar-refractivity contribution in [3.8, 4) is 0 Å². The molecule has 0 bridgehead atoms. The number of imidazole rings is 1. The number of aryl methyl sites for hydroxylation is 1. The van der Waals surface area contributed by atoms with Crippen LogP contribution in [0, 0.1) is 5.92 Å². The molecule has 24 heavy (non-hydrogen) atoms. The van der Waals surface area contributed by atoms with E-state index in [1.54, 1.807) is 29.4 Å². The second-order valence-corrected chi connectivity index (χ2v) is 6.55. The number of carbonyl (C=O) groups excluding carboxylic acids is 1. The van der Waals surface area contributed by atoms with Crippen LogP contribution in [0.5, 0.6) is 0 Å². The number of rotatable bonds is 4. The summed E-state index contributed by atoms with van der Waals surface area (Å²) in [6.07, 6.45) is 9.88. The van der Waals surface area contributed by atoms with Gasteiger partial charge in [-0.2, -0.15) is 0 Å². The van der Waals surface area contributed by atoms with Crippen LogP contribution in [0.4, 0.5) is 5.82 Å². The number of hydrogen-bond donors (Lipinski definition) is 0. The number of nitrogens with zero attached hydrogens (tertiary/aromatic N) is 6. The van der Waals surface area contributed by atoms with Crippen LogP contribution in [0.25, 0.3) is 0 Å². The fourth-order valence-electron chi connectivity index (χ4n) is 3.28. The number of hydrogen-bond acceptors (Lipinski definition) is 5. The van der Waals surface area contributed by atoms with E-state index in [0.717, 1.165) is 43.9 Å². The van der Waals surface area contributed by atoms with Gasteiger partial charge in [-0.3, -0.25) is 9.78 Å². The average molecular weight is 328 g/mol. The van der Waals surface area contributed by atoms with Crippen molar-refractivity contribution < 1.29 is 4.79 Å². The normalized spacial score (nSPS) is 17.8. The maximum absolute atomic E-state index is 12.7. The number of piperidine rings is 1. The molecule has 7 heteroatoms. The summed E-state index contributed by atoms with van der Waals surface area (Å²) in [5.74, 6) is 1.83. The van der Waals surface area contributed by atoms with E-state index in [0.29, 0.717) is 11.7 Å². The zero-order chi connectivity index (χ0) is 17.1. The maximum Gasteiger partial charge on any atom is 0.289 e. The number of carbonyl (C=O) groups is 1. The van der Waals surface area contributed by atoms with E-state index in [4.69, 9.17) is 0 Å². The highest BCUT2D eigenvalue weighted by Crippen LogP contribution is 2.24. The van der Waals surface area contributed by atoms with Gasteiger partial charge in [0, 0.05) is 59.0 Å². The van der Waals surface area contributed by atoms with Crippen molar-refractivity contribution >= 4 is 11.7 Å². The summed E-state index contributed by atoms with van der Waals surface area (Å²) in [6, 6.07) is 0. The summed E-state index contributed by atoms with van der Waals surface area (Å²) >= 11 is 0. The van der Waals surface area contributed by atoms with Gasteiger partial charge < -0.3 is 14.4 Å².